The monoisotopic (exact) mass is 369 g/mol. The zero-order valence-electron chi connectivity index (χ0n) is 16.0. The lowest BCUT2D eigenvalue weighted by atomic mass is 9.82. The SMILES string of the molecule is O=C(NC1C[C@@H]2CCC[C@@H](C1)N2C(=O)NC1CCCCC1)c1ccccc1. The third-order valence-corrected chi connectivity index (χ3v) is 6.51. The van der Waals surface area contributed by atoms with E-state index in [1.165, 1.54) is 25.7 Å². The Kier molecular flexibility index (Phi) is 5.65. The number of fused-ring (bicyclic) bond motifs is 2. The first-order valence-electron chi connectivity index (χ1n) is 10.7. The Labute approximate surface area is 161 Å². The molecule has 0 radical (unpaired) electrons. The zero-order chi connectivity index (χ0) is 18.6. The van der Waals surface area contributed by atoms with Gasteiger partial charge in [0, 0.05) is 29.7 Å². The van der Waals surface area contributed by atoms with Gasteiger partial charge in [-0.25, -0.2) is 4.79 Å². The summed E-state index contributed by atoms with van der Waals surface area (Å²) in [5.74, 6) is -0.00113. The zero-order valence-corrected chi connectivity index (χ0v) is 16.0. The summed E-state index contributed by atoms with van der Waals surface area (Å²) in [6, 6.07) is 10.5. The number of amides is 3. The third kappa shape index (κ3) is 4.28. The van der Waals surface area contributed by atoms with E-state index >= 15 is 0 Å². The number of urea groups is 1. The molecule has 0 aromatic heterocycles. The maximum absolute atomic E-state index is 13.0. The van der Waals surface area contributed by atoms with Gasteiger partial charge in [-0.1, -0.05) is 37.5 Å². The minimum atomic E-state index is -0.00113. The first kappa shape index (κ1) is 18.3. The first-order chi connectivity index (χ1) is 13.2. The van der Waals surface area contributed by atoms with Crippen LogP contribution in [-0.4, -0.2) is 41.0 Å². The van der Waals surface area contributed by atoms with E-state index in [2.05, 4.69) is 15.5 Å². The quantitative estimate of drug-likeness (QED) is 0.850. The molecule has 2 aliphatic heterocycles. The Morgan fingerprint density at radius 1 is 0.778 bits per heavy atom. The van der Waals surface area contributed by atoms with E-state index in [1.54, 1.807) is 0 Å². The highest BCUT2D eigenvalue weighted by atomic mass is 16.2. The summed E-state index contributed by atoms with van der Waals surface area (Å²) in [5, 5.41) is 6.51. The predicted octanol–water partition coefficient (Wildman–Crippen LogP) is 3.84. The van der Waals surface area contributed by atoms with Gasteiger partial charge in [-0.05, 0) is 57.1 Å². The molecule has 3 fully saturated rings. The molecule has 2 atom stereocenters. The number of nitrogens with one attached hydrogen (secondary N) is 2. The Hall–Kier alpha value is -2.04. The molecule has 146 valence electrons. The normalized spacial score (nSPS) is 28.4. The van der Waals surface area contributed by atoms with Gasteiger partial charge in [0.25, 0.3) is 5.91 Å². The van der Waals surface area contributed by atoms with Gasteiger partial charge in [0.05, 0.1) is 0 Å². The summed E-state index contributed by atoms with van der Waals surface area (Å²) >= 11 is 0. The average Bonchev–Trinajstić information content (AvgIpc) is 2.68. The summed E-state index contributed by atoms with van der Waals surface area (Å²) in [6.45, 7) is 0. The van der Waals surface area contributed by atoms with E-state index in [0.717, 1.165) is 38.5 Å². The van der Waals surface area contributed by atoms with Crippen LogP contribution in [0.1, 0.15) is 74.6 Å². The Morgan fingerprint density at radius 3 is 2.11 bits per heavy atom. The lowest BCUT2D eigenvalue weighted by Gasteiger charge is -2.49. The van der Waals surface area contributed by atoms with Crippen LogP contribution in [-0.2, 0) is 0 Å². The van der Waals surface area contributed by atoms with Gasteiger partial charge >= 0.3 is 6.03 Å². The van der Waals surface area contributed by atoms with Gasteiger partial charge in [0.1, 0.15) is 0 Å². The summed E-state index contributed by atoms with van der Waals surface area (Å²) < 4.78 is 0. The highest BCUT2D eigenvalue weighted by Crippen LogP contribution is 2.34. The maximum Gasteiger partial charge on any atom is 0.318 e. The fraction of sp³-hybridized carbons (Fsp3) is 0.636. The molecule has 1 saturated carbocycles. The standard InChI is InChI=1S/C22H31N3O2/c26-21(16-8-3-1-4-9-16)23-18-14-19-12-7-13-20(15-18)25(19)22(27)24-17-10-5-2-6-11-17/h1,3-4,8-9,17-20H,2,5-7,10-15H2,(H,23,26)(H,24,27)/t19-,20-/m0/s1. The molecule has 1 aromatic rings. The Morgan fingerprint density at radius 2 is 1.44 bits per heavy atom. The highest BCUT2D eigenvalue weighted by Gasteiger charge is 2.41. The second kappa shape index (κ2) is 8.32. The van der Waals surface area contributed by atoms with Gasteiger partial charge in [-0.15, -0.1) is 0 Å². The predicted molar refractivity (Wildman–Crippen MR) is 106 cm³/mol. The van der Waals surface area contributed by atoms with E-state index in [1.807, 2.05) is 30.3 Å². The number of hydrogen-bond acceptors (Lipinski definition) is 2. The van der Waals surface area contributed by atoms with Gasteiger partial charge in [-0.2, -0.15) is 0 Å². The fourth-order valence-corrected chi connectivity index (χ4v) is 5.19. The first-order valence-corrected chi connectivity index (χ1v) is 10.7. The van der Waals surface area contributed by atoms with Crippen molar-refractivity contribution in [1.82, 2.24) is 15.5 Å². The summed E-state index contributed by atoms with van der Waals surface area (Å²) in [6.07, 6.45) is 11.0. The maximum atomic E-state index is 13.0. The van der Waals surface area contributed by atoms with Crippen LogP contribution in [0.5, 0.6) is 0 Å². The van der Waals surface area contributed by atoms with E-state index < -0.39 is 0 Å². The number of carbonyl (C=O) groups is 2. The van der Waals surface area contributed by atoms with E-state index in [9.17, 15) is 9.59 Å². The Bertz CT molecular complexity index is 643. The van der Waals surface area contributed by atoms with Gasteiger partial charge in [-0.3, -0.25) is 4.79 Å². The van der Waals surface area contributed by atoms with Crippen LogP contribution >= 0.6 is 0 Å². The molecule has 1 aromatic carbocycles. The smallest absolute Gasteiger partial charge is 0.318 e. The lowest BCUT2D eigenvalue weighted by Crippen LogP contribution is -2.61. The molecular weight excluding hydrogens is 338 g/mol. The number of rotatable bonds is 3. The molecule has 1 aliphatic carbocycles. The van der Waals surface area contributed by atoms with E-state index in [0.29, 0.717) is 11.6 Å². The molecule has 4 rings (SSSR count). The minimum absolute atomic E-state index is 0.00113. The molecule has 3 amide bonds. The van der Waals surface area contributed by atoms with Crippen molar-refractivity contribution >= 4 is 11.9 Å². The molecule has 3 aliphatic rings. The van der Waals surface area contributed by atoms with Crippen molar-refractivity contribution in [1.29, 1.82) is 0 Å². The molecule has 0 spiro atoms. The molecule has 5 heteroatoms. The lowest BCUT2D eigenvalue weighted by molar-refractivity contribution is 0.0506. The molecule has 2 saturated heterocycles. The number of nitrogens with zero attached hydrogens (tertiary/aromatic N) is 1. The highest BCUT2D eigenvalue weighted by molar-refractivity contribution is 5.94. The van der Waals surface area contributed by atoms with E-state index in [4.69, 9.17) is 0 Å². The third-order valence-electron chi connectivity index (χ3n) is 6.51. The van der Waals surface area contributed by atoms with Gasteiger partial charge in [0.15, 0.2) is 0 Å². The van der Waals surface area contributed by atoms with Crippen molar-refractivity contribution in [2.45, 2.75) is 88.4 Å². The van der Waals surface area contributed by atoms with Crippen LogP contribution in [0.3, 0.4) is 0 Å². The van der Waals surface area contributed by atoms with Gasteiger partial charge < -0.3 is 15.5 Å². The topological polar surface area (TPSA) is 61.4 Å². The van der Waals surface area contributed by atoms with Crippen LogP contribution in [0, 0.1) is 0 Å². The number of benzene rings is 1. The van der Waals surface area contributed by atoms with Crippen molar-refractivity contribution in [2.75, 3.05) is 0 Å². The second-order valence-corrected chi connectivity index (χ2v) is 8.44. The van der Waals surface area contributed by atoms with Crippen LogP contribution in [0.2, 0.25) is 0 Å². The van der Waals surface area contributed by atoms with Gasteiger partial charge in [0.2, 0.25) is 0 Å². The average molecular weight is 370 g/mol. The number of piperidine rings is 2. The van der Waals surface area contributed by atoms with Crippen LogP contribution in [0.25, 0.3) is 0 Å². The molecule has 2 heterocycles. The Balaban J connectivity index is 1.37. The van der Waals surface area contributed by atoms with E-state index in [-0.39, 0.29) is 30.1 Å². The van der Waals surface area contributed by atoms with Crippen molar-refractivity contribution in [3.8, 4) is 0 Å². The summed E-state index contributed by atoms with van der Waals surface area (Å²) in [4.78, 5) is 27.6. The van der Waals surface area contributed by atoms with Crippen LogP contribution < -0.4 is 10.6 Å². The summed E-state index contributed by atoms with van der Waals surface area (Å²) in [5.41, 5.74) is 0.708. The second-order valence-electron chi connectivity index (χ2n) is 8.44. The number of carbonyl (C=O) groups excluding carboxylic acids is 2. The van der Waals surface area contributed by atoms with Crippen molar-refractivity contribution in [2.24, 2.45) is 0 Å². The molecule has 2 bridgehead atoms. The summed E-state index contributed by atoms with van der Waals surface area (Å²) in [7, 11) is 0. The largest absolute Gasteiger partial charge is 0.349 e. The van der Waals surface area contributed by atoms with Crippen molar-refractivity contribution in [3.63, 3.8) is 0 Å². The molecule has 0 unspecified atom stereocenters. The fourth-order valence-electron chi connectivity index (χ4n) is 5.19. The molecular formula is C22H31N3O2. The molecule has 27 heavy (non-hydrogen) atoms. The van der Waals surface area contributed by atoms with Crippen molar-refractivity contribution < 1.29 is 9.59 Å². The van der Waals surface area contributed by atoms with Crippen LogP contribution in [0.4, 0.5) is 4.79 Å². The molecule has 5 nitrogen and oxygen atoms in total. The number of hydrogen-bond donors (Lipinski definition) is 2. The van der Waals surface area contributed by atoms with Crippen LogP contribution in [0.15, 0.2) is 30.3 Å². The van der Waals surface area contributed by atoms with Crippen molar-refractivity contribution in [3.05, 3.63) is 35.9 Å². The molecule has 2 N–H and O–H groups in total. The minimum Gasteiger partial charge on any atom is -0.349 e.